The fourth-order valence-corrected chi connectivity index (χ4v) is 2.47. The molecule has 3 aromatic carbocycles. The van der Waals surface area contributed by atoms with Crippen LogP contribution in [0, 0.1) is 0 Å². The third-order valence-corrected chi connectivity index (χ3v) is 4.07. The minimum atomic E-state index is -0.743. The van der Waals surface area contributed by atoms with Crippen molar-refractivity contribution in [3.63, 3.8) is 0 Å². The third-order valence-electron chi connectivity index (χ3n) is 4.07. The summed E-state index contributed by atoms with van der Waals surface area (Å²) in [5, 5.41) is 13.5. The van der Waals surface area contributed by atoms with Crippen LogP contribution in [-0.2, 0) is 11.4 Å². The Hall–Kier alpha value is -3.80. The van der Waals surface area contributed by atoms with E-state index in [1.807, 2.05) is 30.3 Å². The topological polar surface area (TPSA) is 80.2 Å². The van der Waals surface area contributed by atoms with E-state index in [9.17, 15) is 9.90 Å². The summed E-state index contributed by atoms with van der Waals surface area (Å²) in [6, 6.07) is 23.7. The lowest BCUT2D eigenvalue weighted by atomic mass is 10.2. The van der Waals surface area contributed by atoms with E-state index in [-0.39, 0.29) is 5.75 Å². The van der Waals surface area contributed by atoms with Gasteiger partial charge in [0.1, 0.15) is 23.9 Å². The number of carbonyl (C=O) groups is 1. The molecule has 6 heteroatoms. The van der Waals surface area contributed by atoms with Gasteiger partial charge in [-0.25, -0.2) is 5.43 Å². The standard InChI is InChI=1S/C23H22N2O4/c1-17(23(27)25-24-15-19-9-5-6-10-22(19)26)29-21-13-11-20(12-14-21)28-16-18-7-3-2-4-8-18/h2-15,17,26H,16H2,1H3,(H,25,27). The molecule has 1 amide bonds. The van der Waals surface area contributed by atoms with Crippen LogP contribution in [0.15, 0.2) is 84.0 Å². The molecular formula is C23H22N2O4. The number of ether oxygens (including phenoxy) is 2. The molecule has 29 heavy (non-hydrogen) atoms. The summed E-state index contributed by atoms with van der Waals surface area (Å²) < 4.78 is 11.4. The predicted molar refractivity (Wildman–Crippen MR) is 111 cm³/mol. The quantitative estimate of drug-likeness (QED) is 0.452. The van der Waals surface area contributed by atoms with E-state index in [2.05, 4.69) is 10.5 Å². The number of aromatic hydroxyl groups is 1. The number of carbonyl (C=O) groups excluding carboxylic acids is 1. The van der Waals surface area contributed by atoms with E-state index >= 15 is 0 Å². The van der Waals surface area contributed by atoms with Crippen molar-refractivity contribution < 1.29 is 19.4 Å². The molecule has 0 aromatic heterocycles. The van der Waals surface area contributed by atoms with Crippen LogP contribution in [-0.4, -0.2) is 23.3 Å². The lowest BCUT2D eigenvalue weighted by molar-refractivity contribution is -0.127. The number of phenols is 1. The monoisotopic (exact) mass is 390 g/mol. The lowest BCUT2D eigenvalue weighted by Crippen LogP contribution is -2.33. The number of hydrogen-bond acceptors (Lipinski definition) is 5. The zero-order valence-corrected chi connectivity index (χ0v) is 16.0. The smallest absolute Gasteiger partial charge is 0.280 e. The molecule has 0 saturated carbocycles. The maximum atomic E-state index is 12.1. The molecule has 0 heterocycles. The summed E-state index contributed by atoms with van der Waals surface area (Å²) in [4.78, 5) is 12.1. The number of hydrazone groups is 1. The van der Waals surface area contributed by atoms with Crippen molar-refractivity contribution in [2.75, 3.05) is 0 Å². The number of rotatable bonds is 8. The lowest BCUT2D eigenvalue weighted by Gasteiger charge is -2.13. The highest BCUT2D eigenvalue weighted by Gasteiger charge is 2.14. The summed E-state index contributed by atoms with van der Waals surface area (Å²) in [7, 11) is 0. The van der Waals surface area contributed by atoms with Gasteiger partial charge in [0.2, 0.25) is 0 Å². The summed E-state index contributed by atoms with van der Waals surface area (Å²) in [5.74, 6) is 0.945. The van der Waals surface area contributed by atoms with Gasteiger partial charge in [-0.3, -0.25) is 4.79 Å². The van der Waals surface area contributed by atoms with E-state index < -0.39 is 12.0 Å². The highest BCUT2D eigenvalue weighted by atomic mass is 16.5. The van der Waals surface area contributed by atoms with Gasteiger partial charge < -0.3 is 14.6 Å². The first kappa shape index (κ1) is 19.9. The van der Waals surface area contributed by atoms with Crippen molar-refractivity contribution in [2.24, 2.45) is 5.10 Å². The number of hydrogen-bond donors (Lipinski definition) is 2. The highest BCUT2D eigenvalue weighted by Crippen LogP contribution is 2.20. The van der Waals surface area contributed by atoms with E-state index in [4.69, 9.17) is 9.47 Å². The number of nitrogens with one attached hydrogen (secondary N) is 1. The van der Waals surface area contributed by atoms with E-state index in [0.29, 0.717) is 23.7 Å². The minimum Gasteiger partial charge on any atom is -0.507 e. The van der Waals surface area contributed by atoms with Gasteiger partial charge in [0.25, 0.3) is 5.91 Å². The average molecular weight is 390 g/mol. The van der Waals surface area contributed by atoms with Crippen LogP contribution in [0.25, 0.3) is 0 Å². The molecule has 3 rings (SSSR count). The van der Waals surface area contributed by atoms with Crippen molar-refractivity contribution >= 4 is 12.1 Å². The Morgan fingerprint density at radius 3 is 2.38 bits per heavy atom. The Balaban J connectivity index is 1.47. The molecule has 0 radical (unpaired) electrons. The van der Waals surface area contributed by atoms with Crippen LogP contribution in [0.2, 0.25) is 0 Å². The summed E-state index contributed by atoms with van der Waals surface area (Å²) in [5.41, 5.74) is 3.99. The van der Waals surface area contributed by atoms with Gasteiger partial charge in [-0.15, -0.1) is 0 Å². The molecule has 0 aliphatic heterocycles. The van der Waals surface area contributed by atoms with Gasteiger partial charge in [-0.05, 0) is 48.9 Å². The largest absolute Gasteiger partial charge is 0.507 e. The molecule has 6 nitrogen and oxygen atoms in total. The molecule has 0 bridgehead atoms. The van der Waals surface area contributed by atoms with Gasteiger partial charge >= 0.3 is 0 Å². The molecule has 3 aromatic rings. The second-order valence-electron chi connectivity index (χ2n) is 6.30. The number of para-hydroxylation sites is 1. The van der Waals surface area contributed by atoms with Crippen LogP contribution in [0.5, 0.6) is 17.2 Å². The number of phenolic OH excluding ortho intramolecular Hbond substituents is 1. The van der Waals surface area contributed by atoms with Crippen LogP contribution >= 0.6 is 0 Å². The van der Waals surface area contributed by atoms with Crippen molar-refractivity contribution in [2.45, 2.75) is 19.6 Å². The number of amides is 1. The van der Waals surface area contributed by atoms with Crippen molar-refractivity contribution in [1.82, 2.24) is 5.43 Å². The van der Waals surface area contributed by atoms with Crippen molar-refractivity contribution in [3.05, 3.63) is 90.0 Å². The SMILES string of the molecule is CC(Oc1ccc(OCc2ccccc2)cc1)C(=O)NN=Cc1ccccc1O. The van der Waals surface area contributed by atoms with Crippen LogP contribution < -0.4 is 14.9 Å². The third kappa shape index (κ3) is 6.10. The van der Waals surface area contributed by atoms with Crippen molar-refractivity contribution in [3.8, 4) is 17.2 Å². The molecule has 1 unspecified atom stereocenters. The first-order valence-electron chi connectivity index (χ1n) is 9.16. The summed E-state index contributed by atoms with van der Waals surface area (Å²) in [6.45, 7) is 2.11. The number of benzene rings is 3. The average Bonchev–Trinajstić information content (AvgIpc) is 2.75. The molecule has 0 aliphatic rings. The normalized spacial score (nSPS) is 11.8. The Morgan fingerprint density at radius 2 is 1.66 bits per heavy atom. The predicted octanol–water partition coefficient (Wildman–Crippen LogP) is 3.89. The molecule has 0 saturated heterocycles. The van der Waals surface area contributed by atoms with E-state index in [0.717, 1.165) is 5.56 Å². The molecule has 0 aliphatic carbocycles. The Morgan fingerprint density at radius 1 is 1.00 bits per heavy atom. The Bertz CT molecular complexity index is 956. The highest BCUT2D eigenvalue weighted by molar-refractivity contribution is 5.86. The molecule has 2 N–H and O–H groups in total. The zero-order chi connectivity index (χ0) is 20.5. The molecular weight excluding hydrogens is 368 g/mol. The van der Waals surface area contributed by atoms with E-state index in [1.165, 1.54) is 6.21 Å². The van der Waals surface area contributed by atoms with Crippen LogP contribution in [0.4, 0.5) is 0 Å². The summed E-state index contributed by atoms with van der Waals surface area (Å²) >= 11 is 0. The van der Waals surface area contributed by atoms with Gasteiger partial charge in [0, 0.05) is 5.56 Å². The maximum absolute atomic E-state index is 12.1. The maximum Gasteiger partial charge on any atom is 0.280 e. The molecule has 0 spiro atoms. The Kier molecular flexibility index (Phi) is 6.84. The van der Waals surface area contributed by atoms with Gasteiger partial charge in [-0.2, -0.15) is 5.10 Å². The van der Waals surface area contributed by atoms with Crippen LogP contribution in [0.3, 0.4) is 0 Å². The van der Waals surface area contributed by atoms with Gasteiger partial charge in [0.05, 0.1) is 6.21 Å². The fourth-order valence-electron chi connectivity index (χ4n) is 2.47. The fraction of sp³-hybridized carbons (Fsp3) is 0.130. The van der Waals surface area contributed by atoms with E-state index in [1.54, 1.807) is 55.5 Å². The van der Waals surface area contributed by atoms with Crippen LogP contribution in [0.1, 0.15) is 18.1 Å². The molecule has 148 valence electrons. The Labute approximate surface area is 169 Å². The van der Waals surface area contributed by atoms with Gasteiger partial charge in [-0.1, -0.05) is 42.5 Å². The second kappa shape index (κ2) is 9.94. The minimum absolute atomic E-state index is 0.0874. The van der Waals surface area contributed by atoms with Gasteiger partial charge in [0.15, 0.2) is 6.10 Å². The first-order chi connectivity index (χ1) is 14.1. The first-order valence-corrected chi connectivity index (χ1v) is 9.16. The summed E-state index contributed by atoms with van der Waals surface area (Å²) in [6.07, 6.45) is 0.631. The molecule has 0 fully saturated rings. The number of nitrogens with zero attached hydrogens (tertiary/aromatic N) is 1. The second-order valence-corrected chi connectivity index (χ2v) is 6.30. The zero-order valence-electron chi connectivity index (χ0n) is 16.0. The molecule has 1 atom stereocenters. The van der Waals surface area contributed by atoms with Crippen molar-refractivity contribution in [1.29, 1.82) is 0 Å².